The molecule has 0 saturated carbocycles. The summed E-state index contributed by atoms with van der Waals surface area (Å²) in [5.41, 5.74) is 0.666. The Bertz CT molecular complexity index is 282. The minimum Gasteiger partial charge on any atom is -0.481 e. The van der Waals surface area contributed by atoms with E-state index in [2.05, 4.69) is 4.74 Å². The third-order valence-corrected chi connectivity index (χ3v) is 2.80. The summed E-state index contributed by atoms with van der Waals surface area (Å²) in [4.78, 5) is 21.3. The predicted octanol–water partition coefficient (Wildman–Crippen LogP) is 3.31. The van der Waals surface area contributed by atoms with Gasteiger partial charge in [-0.05, 0) is 26.2 Å². The lowest BCUT2D eigenvalue weighted by Crippen LogP contribution is -2.01. The summed E-state index contributed by atoms with van der Waals surface area (Å²) in [5.74, 6) is -0.970. The fraction of sp³-hybridized carbons (Fsp3) is 0.714. The van der Waals surface area contributed by atoms with Crippen molar-refractivity contribution in [2.75, 3.05) is 7.11 Å². The molecule has 0 aliphatic rings. The van der Waals surface area contributed by atoms with Crippen LogP contribution < -0.4 is 0 Å². The molecule has 0 spiro atoms. The van der Waals surface area contributed by atoms with E-state index >= 15 is 0 Å². The van der Waals surface area contributed by atoms with Crippen LogP contribution in [0.2, 0.25) is 0 Å². The molecule has 4 heteroatoms. The molecular formula is C14H24O4. The van der Waals surface area contributed by atoms with Crippen molar-refractivity contribution >= 4 is 11.9 Å². The number of carboxylic acid groups (broad SMARTS) is 1. The highest BCUT2D eigenvalue weighted by atomic mass is 16.5. The van der Waals surface area contributed by atoms with Gasteiger partial charge < -0.3 is 9.84 Å². The number of carboxylic acids is 1. The number of rotatable bonds is 10. The molecule has 0 atom stereocenters. The van der Waals surface area contributed by atoms with E-state index in [0.717, 1.165) is 44.9 Å². The molecule has 0 unspecified atom stereocenters. The fourth-order valence-corrected chi connectivity index (χ4v) is 1.69. The average Bonchev–Trinajstić information content (AvgIpc) is 2.35. The lowest BCUT2D eigenvalue weighted by Gasteiger charge is -2.00. The number of ether oxygens (including phenoxy) is 1. The topological polar surface area (TPSA) is 63.6 Å². The quantitative estimate of drug-likeness (QED) is 0.370. The molecule has 0 aromatic heterocycles. The molecule has 0 rings (SSSR count). The molecule has 0 fully saturated rings. The number of carbonyl (C=O) groups is 2. The Morgan fingerprint density at radius 1 is 1.06 bits per heavy atom. The molecule has 0 saturated heterocycles. The van der Waals surface area contributed by atoms with E-state index < -0.39 is 5.97 Å². The summed E-state index contributed by atoms with van der Waals surface area (Å²) in [7, 11) is 1.39. The number of hydrogen-bond donors (Lipinski definition) is 1. The number of hydrogen-bond acceptors (Lipinski definition) is 3. The number of esters is 1. The zero-order valence-electron chi connectivity index (χ0n) is 11.4. The van der Waals surface area contributed by atoms with Gasteiger partial charge in [0.25, 0.3) is 0 Å². The first-order valence-corrected chi connectivity index (χ1v) is 6.54. The van der Waals surface area contributed by atoms with Crippen LogP contribution in [-0.4, -0.2) is 24.2 Å². The number of aliphatic carboxylic acids is 1. The Hall–Kier alpha value is -1.32. The van der Waals surface area contributed by atoms with Crippen LogP contribution in [-0.2, 0) is 14.3 Å². The number of carbonyl (C=O) groups excluding carboxylic acids is 1. The van der Waals surface area contributed by atoms with E-state index in [9.17, 15) is 9.59 Å². The maximum absolute atomic E-state index is 11.1. The van der Waals surface area contributed by atoms with Gasteiger partial charge in [0.05, 0.1) is 7.11 Å². The summed E-state index contributed by atoms with van der Waals surface area (Å²) in [6.07, 6.45) is 9.26. The second-order valence-corrected chi connectivity index (χ2v) is 4.43. The molecule has 0 aromatic rings. The van der Waals surface area contributed by atoms with Gasteiger partial charge in [-0.2, -0.15) is 0 Å². The monoisotopic (exact) mass is 256 g/mol. The van der Waals surface area contributed by atoms with Gasteiger partial charge in [0.1, 0.15) is 0 Å². The molecule has 18 heavy (non-hydrogen) atoms. The largest absolute Gasteiger partial charge is 0.481 e. The van der Waals surface area contributed by atoms with E-state index in [-0.39, 0.29) is 12.4 Å². The number of unbranched alkanes of at least 4 members (excludes halogenated alkanes) is 6. The second kappa shape index (κ2) is 10.8. The van der Waals surface area contributed by atoms with Crippen molar-refractivity contribution in [1.29, 1.82) is 0 Å². The molecule has 104 valence electrons. The smallest absolute Gasteiger partial charge is 0.333 e. The minimum absolute atomic E-state index is 0.260. The summed E-state index contributed by atoms with van der Waals surface area (Å²) < 4.78 is 4.60. The molecule has 4 nitrogen and oxygen atoms in total. The van der Waals surface area contributed by atoms with Crippen molar-refractivity contribution in [1.82, 2.24) is 0 Å². The summed E-state index contributed by atoms with van der Waals surface area (Å²) >= 11 is 0. The van der Waals surface area contributed by atoms with Crippen molar-refractivity contribution in [3.63, 3.8) is 0 Å². The Labute approximate surface area is 109 Å². The van der Waals surface area contributed by atoms with Crippen LogP contribution in [0.1, 0.15) is 58.3 Å². The Kier molecular flexibility index (Phi) is 10.0. The third kappa shape index (κ3) is 9.87. The highest BCUT2D eigenvalue weighted by Crippen LogP contribution is 2.10. The molecule has 1 N–H and O–H groups in total. The van der Waals surface area contributed by atoms with Crippen molar-refractivity contribution in [3.05, 3.63) is 11.6 Å². The number of methoxy groups -OCH3 is 1. The molecule has 0 aliphatic carbocycles. The third-order valence-electron chi connectivity index (χ3n) is 2.80. The average molecular weight is 256 g/mol. The van der Waals surface area contributed by atoms with Gasteiger partial charge in [-0.3, -0.25) is 4.79 Å². The predicted molar refractivity (Wildman–Crippen MR) is 70.3 cm³/mol. The first kappa shape index (κ1) is 16.7. The molecule has 0 bridgehead atoms. The van der Waals surface area contributed by atoms with Crippen LogP contribution in [0.4, 0.5) is 0 Å². The highest BCUT2D eigenvalue weighted by molar-refractivity contribution is 5.87. The molecular weight excluding hydrogens is 232 g/mol. The lowest BCUT2D eigenvalue weighted by molar-refractivity contribution is -0.137. The molecule has 0 aromatic carbocycles. The van der Waals surface area contributed by atoms with Crippen LogP contribution >= 0.6 is 0 Å². The second-order valence-electron chi connectivity index (χ2n) is 4.43. The fourth-order valence-electron chi connectivity index (χ4n) is 1.69. The van der Waals surface area contributed by atoms with Crippen LogP contribution in [0.15, 0.2) is 11.6 Å². The van der Waals surface area contributed by atoms with Gasteiger partial charge in [-0.25, -0.2) is 4.79 Å². The first-order chi connectivity index (χ1) is 8.57. The van der Waals surface area contributed by atoms with Gasteiger partial charge >= 0.3 is 11.9 Å². The summed E-state index contributed by atoms with van der Waals surface area (Å²) in [5, 5.41) is 8.46. The van der Waals surface area contributed by atoms with Gasteiger partial charge in [-0.1, -0.05) is 31.8 Å². The van der Waals surface area contributed by atoms with E-state index in [1.807, 2.05) is 6.08 Å². The van der Waals surface area contributed by atoms with E-state index in [4.69, 9.17) is 5.11 Å². The van der Waals surface area contributed by atoms with Crippen LogP contribution in [0.5, 0.6) is 0 Å². The molecule has 0 heterocycles. The van der Waals surface area contributed by atoms with Crippen molar-refractivity contribution in [2.24, 2.45) is 0 Å². The van der Waals surface area contributed by atoms with Gasteiger partial charge in [0.15, 0.2) is 0 Å². The SMILES string of the molecule is COC(=O)C(C)=CCCCCCCCCC(=O)O. The summed E-state index contributed by atoms with van der Waals surface area (Å²) in [6, 6.07) is 0. The summed E-state index contributed by atoms with van der Waals surface area (Å²) in [6.45, 7) is 1.76. The standard InChI is InChI=1S/C14H24O4/c1-12(14(17)18-2)10-8-6-4-3-5-7-9-11-13(15)16/h10H,3-9,11H2,1-2H3,(H,15,16). The van der Waals surface area contributed by atoms with Crippen LogP contribution in [0.3, 0.4) is 0 Å². The van der Waals surface area contributed by atoms with Crippen LogP contribution in [0.25, 0.3) is 0 Å². The van der Waals surface area contributed by atoms with Gasteiger partial charge in [0.2, 0.25) is 0 Å². The zero-order valence-corrected chi connectivity index (χ0v) is 11.4. The number of allylic oxidation sites excluding steroid dienone is 1. The Morgan fingerprint density at radius 2 is 1.61 bits per heavy atom. The Balaban J connectivity index is 3.36. The van der Waals surface area contributed by atoms with Gasteiger partial charge in [0, 0.05) is 12.0 Å². The van der Waals surface area contributed by atoms with Crippen molar-refractivity contribution in [3.8, 4) is 0 Å². The normalized spacial score (nSPS) is 11.3. The minimum atomic E-state index is -0.710. The maximum Gasteiger partial charge on any atom is 0.333 e. The molecule has 0 amide bonds. The van der Waals surface area contributed by atoms with Crippen molar-refractivity contribution in [2.45, 2.75) is 58.3 Å². The molecule has 0 aliphatic heterocycles. The zero-order chi connectivity index (χ0) is 13.8. The van der Waals surface area contributed by atoms with Crippen LogP contribution in [0, 0.1) is 0 Å². The first-order valence-electron chi connectivity index (χ1n) is 6.54. The Morgan fingerprint density at radius 3 is 2.17 bits per heavy atom. The lowest BCUT2D eigenvalue weighted by atomic mass is 10.1. The van der Waals surface area contributed by atoms with Crippen molar-refractivity contribution < 1.29 is 19.4 Å². The molecule has 0 radical (unpaired) electrons. The maximum atomic E-state index is 11.1. The van der Waals surface area contributed by atoms with E-state index in [0.29, 0.717) is 5.57 Å². The highest BCUT2D eigenvalue weighted by Gasteiger charge is 2.01. The van der Waals surface area contributed by atoms with E-state index in [1.165, 1.54) is 7.11 Å². The van der Waals surface area contributed by atoms with E-state index in [1.54, 1.807) is 6.92 Å². The van der Waals surface area contributed by atoms with Gasteiger partial charge in [-0.15, -0.1) is 0 Å².